The van der Waals surface area contributed by atoms with Crippen molar-refractivity contribution in [2.75, 3.05) is 66.3 Å². The van der Waals surface area contributed by atoms with Crippen molar-refractivity contribution in [1.82, 2.24) is 39.9 Å². The molecule has 0 aliphatic heterocycles. The number of anilines is 4. The summed E-state index contributed by atoms with van der Waals surface area (Å²) < 4.78 is 362. The number of methoxy groups -OCH3 is 4. The third kappa shape index (κ3) is 25.6. The van der Waals surface area contributed by atoms with Crippen LogP contribution in [0.4, 0.5) is 93.0 Å². The van der Waals surface area contributed by atoms with E-state index in [0.717, 1.165) is 140 Å². The third-order valence-corrected chi connectivity index (χ3v) is 27.6. The van der Waals surface area contributed by atoms with Crippen molar-refractivity contribution in [3.8, 4) is 5.75 Å². The number of nitrogens with one attached hydrogen (secondary N) is 5. The molecule has 8 aromatic carbocycles. The Morgan fingerprint density at radius 1 is 0.415 bits per heavy atom. The molecule has 0 amide bonds. The highest BCUT2D eigenvalue weighted by Crippen LogP contribution is 2.43. The third-order valence-electron chi connectivity index (χ3n) is 19.6. The Bertz CT molecular complexity index is 8500. The maximum absolute atomic E-state index is 14.8. The Morgan fingerprint density at radius 2 is 0.735 bits per heavy atom. The molecular weight excluding hydrogens is 2260 g/mol. The van der Waals surface area contributed by atoms with Crippen LogP contribution >= 0.6 is 74.7 Å². The standard InChI is InChI=1S/C22H16ClF4N3O6S.C22H14ClF4N3O6S.C20H10ClF4N3O5S.C14H11BrClF3N2O3S.C8H6FNO3.ClH/c2*1-35-10-30(37(33,34)13-4-2-3-11(7-13)22(25,26)27)16-8-12(23)9-28-18(16)19(31)17-14(24)5-6-15-20(17)36-21(32)29-15;21-10-7-14(28-34(31,32)11-3-1-2-9(6-11)20(23,24)25)16(26-8-10)17(29)15-12(22)4-5-13-18(15)33-19(30)27-13;1-24-8-21(12-6-10(16)7-20-13(12)15)25(22,23)11-4-2-3-9(5-11)14(17,18)19;1-12-6-4(9)2-3-5-7(6)13-8(11)10-5;/h2-9,19,31H,10H2,1H3,(H,29,32);2-9H,10H2,1H3,(H,29,32);1-8,28H,(H,27,30);2-7H,8H2,1H3;2-3H,1H3,(H,10,11);1H. The van der Waals surface area contributed by atoms with E-state index < -0.39 is 253 Å². The second kappa shape index (κ2) is 45.3. The van der Waals surface area contributed by atoms with Gasteiger partial charge in [-0.05, 0) is 162 Å². The first-order valence-electron chi connectivity index (χ1n) is 39.5. The number of hydrogen-bond donors (Lipinski definition) is 6. The largest absolute Gasteiger partial charge is 0.490 e. The number of aliphatic hydroxyl groups is 1. The summed E-state index contributed by atoms with van der Waals surface area (Å²) in [6.45, 7) is -1.97. The van der Waals surface area contributed by atoms with Gasteiger partial charge in [-0.25, -0.2) is 98.3 Å². The Balaban J connectivity index is 0.000000180. The summed E-state index contributed by atoms with van der Waals surface area (Å²) in [4.78, 5) is 94.0. The number of oxazole rings is 4. The highest BCUT2D eigenvalue weighted by Gasteiger charge is 2.41. The molecule has 0 aliphatic rings. The normalized spacial score (nSPS) is 12.2. The highest BCUT2D eigenvalue weighted by atomic mass is 79.9. The molecule has 0 spiro atoms. The molecule has 0 aliphatic carbocycles. The van der Waals surface area contributed by atoms with Crippen molar-refractivity contribution in [2.45, 2.75) is 50.4 Å². The zero-order valence-corrected chi connectivity index (χ0v) is 81.9. The monoisotopic (exact) mass is 2310 g/mol. The van der Waals surface area contributed by atoms with Gasteiger partial charge in [0.05, 0.1) is 125 Å². The Kier molecular flexibility index (Phi) is 35.0. The van der Waals surface area contributed by atoms with Gasteiger partial charge in [0, 0.05) is 46.1 Å². The minimum Gasteiger partial charge on any atom is -0.490 e. The van der Waals surface area contributed by atoms with E-state index in [1.807, 2.05) is 4.72 Å². The number of carbonyl (C=O) groups excluding carboxylic acids is 2. The van der Waals surface area contributed by atoms with Gasteiger partial charge >= 0.3 is 47.7 Å². The van der Waals surface area contributed by atoms with Crippen molar-refractivity contribution in [1.29, 1.82) is 0 Å². The first-order valence-corrected chi connectivity index (χ1v) is 47.6. The number of aliphatic hydroxyl groups excluding tert-OH is 1. The van der Waals surface area contributed by atoms with Gasteiger partial charge in [-0.3, -0.25) is 39.2 Å². The van der Waals surface area contributed by atoms with Gasteiger partial charge < -0.3 is 41.7 Å². The average Bonchev–Trinajstić information content (AvgIpc) is 1.72. The number of ether oxygens (including phenoxy) is 4. The number of carbonyl (C=O) groups is 2. The topological polar surface area (TPSA) is 485 Å². The van der Waals surface area contributed by atoms with Gasteiger partial charge in [0.15, 0.2) is 28.3 Å². The fraction of sp³-hybridized carbons (Fsp3) is 0.140. The number of aromatic nitrogens is 8. The van der Waals surface area contributed by atoms with Crippen LogP contribution in [0, 0.1) is 23.3 Å². The molecule has 0 saturated heterocycles. The van der Waals surface area contributed by atoms with E-state index in [0.29, 0.717) is 56.6 Å². The SMILES string of the molecule is COCN(c1cc(Cl)cnc1Br)S(=O)(=O)c1cccc(C(F)(F)F)c1.COCN(c1cc(Cl)cnc1C(=O)c1c(F)ccc2[nH]c(=O)oc12)S(=O)(=O)c1cccc(C(F)(F)F)c1.COCN(c1cc(Cl)cnc1C(O)c1c(F)ccc2[nH]c(=O)oc12)S(=O)(=O)c1cccc(C(F)(F)F)c1.COc1c(F)ccc2[nH]c(=O)oc12.Cl.O=C(c1ncc(Cl)cc1NS(=O)(=O)c1cccc(C(F)(F)F)c1)c1c(F)ccc2[nH]c(=O)oc12. The summed E-state index contributed by atoms with van der Waals surface area (Å²) in [7, 11) is -13.8. The predicted octanol–water partition coefficient (Wildman–Crippen LogP) is 18.9. The maximum Gasteiger partial charge on any atom is 0.417 e. The van der Waals surface area contributed by atoms with Crippen molar-refractivity contribution >= 4 is 194 Å². The molecule has 16 aromatic rings. The lowest BCUT2D eigenvalue weighted by Crippen LogP contribution is -2.34. The summed E-state index contributed by atoms with van der Waals surface area (Å²) in [5, 5.41) is 10.9. The number of hydrogen-bond acceptors (Lipinski definition) is 27. The number of alkyl halides is 12. The number of pyridine rings is 4. The molecule has 0 fully saturated rings. The molecule has 6 N–H and O–H groups in total. The lowest BCUT2D eigenvalue weighted by Gasteiger charge is -2.27. The van der Waals surface area contributed by atoms with E-state index in [9.17, 15) is 138 Å². The fourth-order valence-electron chi connectivity index (χ4n) is 13.2. The van der Waals surface area contributed by atoms with Gasteiger partial charge in [-0.1, -0.05) is 70.7 Å². The molecular formula is C86H58BrCl5F16N12O23S4. The van der Waals surface area contributed by atoms with Gasteiger partial charge in [0.2, 0.25) is 17.1 Å². The van der Waals surface area contributed by atoms with Crippen LogP contribution in [0.5, 0.6) is 5.75 Å². The van der Waals surface area contributed by atoms with E-state index >= 15 is 0 Å². The van der Waals surface area contributed by atoms with Crippen molar-refractivity contribution < 1.29 is 155 Å². The van der Waals surface area contributed by atoms with E-state index in [-0.39, 0.29) is 76.3 Å². The lowest BCUT2D eigenvalue weighted by molar-refractivity contribution is -0.138. The molecule has 0 bridgehead atoms. The molecule has 147 heavy (non-hydrogen) atoms. The average molecular weight is 2320 g/mol. The zero-order chi connectivity index (χ0) is 107. The number of H-pyrrole nitrogens is 4. The second-order valence-electron chi connectivity index (χ2n) is 29.1. The number of halogens is 22. The molecule has 16 rings (SSSR count). The molecule has 1 atom stereocenters. The summed E-state index contributed by atoms with van der Waals surface area (Å²) in [5.74, 6) is -9.72. The van der Waals surface area contributed by atoms with E-state index in [1.54, 1.807) is 0 Å². The first-order chi connectivity index (χ1) is 68.3. The number of ketones is 2. The van der Waals surface area contributed by atoms with Crippen molar-refractivity contribution in [2.24, 2.45) is 0 Å². The molecule has 8 heterocycles. The molecule has 0 saturated carbocycles. The summed E-state index contributed by atoms with van der Waals surface area (Å²) in [5.41, 5.74) is -10.6. The minimum atomic E-state index is -4.84. The maximum atomic E-state index is 14.8. The Labute approximate surface area is 846 Å². The molecule has 35 nitrogen and oxygen atoms in total. The molecule has 778 valence electrons. The quantitative estimate of drug-likeness (QED) is 0.0134. The summed E-state index contributed by atoms with van der Waals surface area (Å²) >= 11 is 26.8. The van der Waals surface area contributed by atoms with Crippen molar-refractivity contribution in [3.63, 3.8) is 0 Å². The van der Waals surface area contributed by atoms with Gasteiger partial charge in [-0.15, -0.1) is 12.4 Å². The minimum absolute atomic E-state index is 0. The fourth-order valence-corrected chi connectivity index (χ4v) is 19.8. The second-order valence-corrected chi connectivity index (χ2v) is 38.9. The smallest absolute Gasteiger partial charge is 0.417 e. The Hall–Kier alpha value is -13.8. The molecule has 0 radical (unpaired) electrons. The number of aromatic amines is 4. The number of rotatable bonds is 25. The molecule has 8 aromatic heterocycles. The molecule has 61 heteroatoms. The zero-order valence-electron chi connectivity index (χ0n) is 73.2. The van der Waals surface area contributed by atoms with Crippen LogP contribution in [0.25, 0.3) is 44.4 Å². The van der Waals surface area contributed by atoms with Crippen molar-refractivity contribution in [3.05, 3.63) is 341 Å². The predicted molar refractivity (Wildman–Crippen MR) is 498 cm³/mol. The number of fused-ring (bicyclic) bond motifs is 4. The summed E-state index contributed by atoms with van der Waals surface area (Å²) in [6.07, 6.45) is -16.9. The highest BCUT2D eigenvalue weighted by molar-refractivity contribution is 9.10. The number of nitrogens with zero attached hydrogens (tertiary/aromatic N) is 7. The van der Waals surface area contributed by atoms with E-state index in [2.05, 4.69) is 55.8 Å². The molecule has 1 unspecified atom stereocenters. The van der Waals surface area contributed by atoms with Crippen LogP contribution < -0.4 is 45.4 Å². The van der Waals surface area contributed by atoms with Crippen LogP contribution in [0.3, 0.4) is 0 Å². The van der Waals surface area contributed by atoms with Gasteiger partial charge in [0.1, 0.15) is 70.9 Å². The van der Waals surface area contributed by atoms with Crippen LogP contribution in [-0.2, 0) is 79.0 Å². The van der Waals surface area contributed by atoms with Gasteiger partial charge in [-0.2, -0.15) is 52.7 Å². The van der Waals surface area contributed by atoms with Crippen LogP contribution in [0.2, 0.25) is 20.1 Å². The first kappa shape index (κ1) is 114. The summed E-state index contributed by atoms with van der Waals surface area (Å²) in [6, 6.07) is 25.4. The Morgan fingerprint density at radius 3 is 1.15 bits per heavy atom. The van der Waals surface area contributed by atoms with E-state index in [1.165, 1.54) is 44.7 Å². The van der Waals surface area contributed by atoms with Crippen LogP contribution in [0.15, 0.2) is 256 Å². The van der Waals surface area contributed by atoms with Crippen LogP contribution in [0.1, 0.15) is 71.7 Å². The number of sulfonamides is 4. The van der Waals surface area contributed by atoms with E-state index in [4.69, 9.17) is 83.0 Å². The number of benzene rings is 8. The lowest BCUT2D eigenvalue weighted by atomic mass is 10.0. The van der Waals surface area contributed by atoms with Crippen LogP contribution in [-0.4, -0.2) is 139 Å². The van der Waals surface area contributed by atoms with Gasteiger partial charge in [0.25, 0.3) is 40.1 Å².